The first-order valence-electron chi connectivity index (χ1n) is 15.8. The minimum Gasteiger partial charge on any atom is -0.309 e. The third-order valence-corrected chi connectivity index (χ3v) is 9.24. The highest BCUT2D eigenvalue weighted by molar-refractivity contribution is 6.12. The number of rotatable bonds is 5. The van der Waals surface area contributed by atoms with E-state index in [2.05, 4.69) is 170 Å². The minimum absolute atomic E-state index is 0.420. The number of hydrogen-bond acceptors (Lipinski definition) is 0. The molecule has 8 rings (SSSR count). The Labute approximate surface area is 258 Å². The quantitative estimate of drug-likeness (QED) is 0.195. The van der Waals surface area contributed by atoms with Gasteiger partial charge >= 0.3 is 0 Å². The molecule has 0 bridgehead atoms. The average Bonchev–Trinajstić information content (AvgIpc) is 3.58. The maximum absolute atomic E-state index is 2.47. The molecule has 0 amide bonds. The van der Waals surface area contributed by atoms with E-state index in [1.807, 2.05) is 0 Å². The van der Waals surface area contributed by atoms with E-state index in [1.165, 1.54) is 77.2 Å². The van der Waals surface area contributed by atoms with Crippen LogP contribution in [-0.4, -0.2) is 9.13 Å². The second-order valence-electron chi connectivity index (χ2n) is 12.6. The van der Waals surface area contributed by atoms with Crippen LogP contribution >= 0.6 is 0 Å². The second kappa shape index (κ2) is 10.3. The van der Waals surface area contributed by atoms with E-state index < -0.39 is 0 Å². The Morgan fingerprint density at radius 2 is 0.909 bits per heavy atom. The Kier molecular flexibility index (Phi) is 6.20. The van der Waals surface area contributed by atoms with Crippen molar-refractivity contribution in [3.63, 3.8) is 0 Å². The predicted octanol–water partition coefficient (Wildman–Crippen LogP) is 11.8. The fraction of sp³-hybridized carbons (Fsp3) is 0.143. The summed E-state index contributed by atoms with van der Waals surface area (Å²) in [4.78, 5) is 0. The van der Waals surface area contributed by atoms with Crippen LogP contribution in [0.5, 0.6) is 0 Å². The molecule has 2 nitrogen and oxygen atoms in total. The van der Waals surface area contributed by atoms with Gasteiger partial charge in [-0.2, -0.15) is 0 Å². The van der Waals surface area contributed by atoms with E-state index >= 15 is 0 Å². The van der Waals surface area contributed by atoms with Crippen LogP contribution in [0, 0.1) is 0 Å². The Balaban J connectivity index is 1.33. The lowest BCUT2D eigenvalue weighted by Crippen LogP contribution is -1.99. The summed E-state index contributed by atoms with van der Waals surface area (Å²) in [6, 6.07) is 49.2. The van der Waals surface area contributed by atoms with Gasteiger partial charge in [-0.1, -0.05) is 119 Å². The van der Waals surface area contributed by atoms with E-state index in [1.54, 1.807) is 0 Å². The number of aromatic nitrogens is 2. The molecule has 6 aromatic carbocycles. The van der Waals surface area contributed by atoms with Gasteiger partial charge in [0.15, 0.2) is 0 Å². The molecule has 0 saturated heterocycles. The molecule has 0 saturated carbocycles. The number of benzene rings is 6. The second-order valence-corrected chi connectivity index (χ2v) is 12.6. The van der Waals surface area contributed by atoms with Crippen molar-refractivity contribution in [3.8, 4) is 22.5 Å². The van der Waals surface area contributed by atoms with Crippen molar-refractivity contribution in [3.05, 3.63) is 145 Å². The molecule has 8 aromatic rings. The zero-order valence-electron chi connectivity index (χ0n) is 25.8. The third kappa shape index (κ3) is 4.02. The fourth-order valence-electron chi connectivity index (χ4n) is 7.23. The zero-order valence-corrected chi connectivity index (χ0v) is 25.8. The van der Waals surface area contributed by atoms with Crippen LogP contribution in [0.1, 0.15) is 50.7 Å². The molecular formula is C42H36N2. The van der Waals surface area contributed by atoms with Crippen LogP contribution in [0.3, 0.4) is 0 Å². The molecule has 0 aliphatic rings. The van der Waals surface area contributed by atoms with E-state index in [9.17, 15) is 0 Å². The number of fused-ring (bicyclic) bond motifs is 6. The van der Waals surface area contributed by atoms with Gasteiger partial charge in [-0.25, -0.2) is 0 Å². The molecule has 0 N–H and O–H groups in total. The van der Waals surface area contributed by atoms with Crippen LogP contribution < -0.4 is 0 Å². The molecule has 0 atom stereocenters. The average molecular weight is 569 g/mol. The van der Waals surface area contributed by atoms with Gasteiger partial charge in [0.05, 0.1) is 22.1 Å². The summed E-state index contributed by atoms with van der Waals surface area (Å²) in [7, 11) is 0. The molecule has 2 aromatic heterocycles. The lowest BCUT2D eigenvalue weighted by atomic mass is 9.97. The summed E-state index contributed by atoms with van der Waals surface area (Å²) in [5, 5.41) is 5.28. The Hall–Kier alpha value is -5.08. The fourth-order valence-corrected chi connectivity index (χ4v) is 7.23. The van der Waals surface area contributed by atoms with Gasteiger partial charge in [0.1, 0.15) is 0 Å². The van der Waals surface area contributed by atoms with E-state index in [0.29, 0.717) is 11.8 Å². The van der Waals surface area contributed by atoms with E-state index in [0.717, 1.165) is 0 Å². The lowest BCUT2D eigenvalue weighted by Gasteiger charge is -2.15. The Bertz CT molecular complexity index is 2340. The summed E-state index contributed by atoms with van der Waals surface area (Å²) >= 11 is 0. The Morgan fingerprint density at radius 1 is 0.409 bits per heavy atom. The largest absolute Gasteiger partial charge is 0.309 e. The molecule has 2 heterocycles. The normalized spacial score (nSPS) is 12.0. The first-order valence-corrected chi connectivity index (χ1v) is 15.8. The van der Waals surface area contributed by atoms with Crippen molar-refractivity contribution < 1.29 is 0 Å². The molecule has 0 unspecified atom stereocenters. The SMILES string of the molecule is CC(C)c1cccc2c1c1ccccc1n2-c1cccc(-c2cccc(-n3c4ccccc4c4cccc(C(C)C)c43)c2)c1. The summed E-state index contributed by atoms with van der Waals surface area (Å²) in [6.45, 7) is 9.15. The van der Waals surface area contributed by atoms with Crippen LogP contribution in [-0.2, 0) is 0 Å². The molecule has 2 heteroatoms. The van der Waals surface area contributed by atoms with Crippen molar-refractivity contribution in [2.75, 3.05) is 0 Å². The molecule has 0 aliphatic heterocycles. The zero-order chi connectivity index (χ0) is 29.9. The maximum Gasteiger partial charge on any atom is 0.0575 e. The van der Waals surface area contributed by atoms with Gasteiger partial charge in [0, 0.05) is 32.9 Å². The first-order chi connectivity index (χ1) is 21.5. The molecular weight excluding hydrogens is 532 g/mol. The molecule has 214 valence electrons. The van der Waals surface area contributed by atoms with Gasteiger partial charge in [0.25, 0.3) is 0 Å². The minimum atomic E-state index is 0.420. The van der Waals surface area contributed by atoms with Crippen LogP contribution in [0.2, 0.25) is 0 Å². The highest BCUT2D eigenvalue weighted by Gasteiger charge is 2.18. The molecule has 44 heavy (non-hydrogen) atoms. The van der Waals surface area contributed by atoms with Crippen LogP contribution in [0.15, 0.2) is 133 Å². The van der Waals surface area contributed by atoms with Gasteiger partial charge in [0.2, 0.25) is 0 Å². The predicted molar refractivity (Wildman–Crippen MR) is 189 cm³/mol. The smallest absolute Gasteiger partial charge is 0.0575 e. The molecule has 0 aliphatic carbocycles. The summed E-state index contributed by atoms with van der Waals surface area (Å²) < 4.78 is 4.90. The summed E-state index contributed by atoms with van der Waals surface area (Å²) in [6.07, 6.45) is 0. The number of nitrogens with zero attached hydrogens (tertiary/aromatic N) is 2. The number of hydrogen-bond donors (Lipinski definition) is 0. The van der Waals surface area contributed by atoms with Crippen molar-refractivity contribution in [2.24, 2.45) is 0 Å². The van der Waals surface area contributed by atoms with Crippen molar-refractivity contribution in [1.82, 2.24) is 9.13 Å². The molecule has 0 spiro atoms. The number of para-hydroxylation sites is 3. The van der Waals surface area contributed by atoms with Gasteiger partial charge < -0.3 is 9.13 Å². The highest BCUT2D eigenvalue weighted by Crippen LogP contribution is 2.39. The van der Waals surface area contributed by atoms with Gasteiger partial charge in [-0.15, -0.1) is 0 Å². The lowest BCUT2D eigenvalue weighted by molar-refractivity contribution is 0.870. The molecule has 0 radical (unpaired) electrons. The summed E-state index contributed by atoms with van der Waals surface area (Å²) in [5.74, 6) is 0.869. The maximum atomic E-state index is 2.47. The van der Waals surface area contributed by atoms with Crippen molar-refractivity contribution in [1.29, 1.82) is 0 Å². The standard InChI is InChI=1S/C42H36N2/c1-27(2)33-19-12-24-40-41(33)37-18-6-8-23-39(37)43(40)31-15-9-13-29(25-31)30-14-10-16-32(26-30)44-38-22-7-5-17-35(38)36-21-11-20-34(28(3)4)42(36)44/h5-28H,1-4H3. The van der Waals surface area contributed by atoms with Gasteiger partial charge in [-0.3, -0.25) is 0 Å². The third-order valence-electron chi connectivity index (χ3n) is 9.24. The molecule has 0 fully saturated rings. The van der Waals surface area contributed by atoms with Crippen LogP contribution in [0.4, 0.5) is 0 Å². The van der Waals surface area contributed by atoms with E-state index in [-0.39, 0.29) is 0 Å². The summed E-state index contributed by atoms with van der Waals surface area (Å²) in [5.41, 5.74) is 12.6. The monoisotopic (exact) mass is 568 g/mol. The van der Waals surface area contributed by atoms with Gasteiger partial charge in [-0.05, 0) is 76.6 Å². The van der Waals surface area contributed by atoms with E-state index in [4.69, 9.17) is 0 Å². The Morgan fingerprint density at radius 3 is 1.59 bits per heavy atom. The topological polar surface area (TPSA) is 9.86 Å². The first kappa shape index (κ1) is 26.5. The van der Waals surface area contributed by atoms with Crippen molar-refractivity contribution in [2.45, 2.75) is 39.5 Å². The highest BCUT2D eigenvalue weighted by atomic mass is 15.0. The van der Waals surface area contributed by atoms with Crippen molar-refractivity contribution >= 4 is 43.6 Å². The van der Waals surface area contributed by atoms with Crippen LogP contribution in [0.25, 0.3) is 66.1 Å².